The maximum Gasteiger partial charge on any atom is 0.0452 e. The van der Waals surface area contributed by atoms with E-state index >= 15 is 0 Å². The molecule has 0 aliphatic carbocycles. The van der Waals surface area contributed by atoms with Gasteiger partial charge in [-0.05, 0) is 54.1 Å². The zero-order chi connectivity index (χ0) is 10.1. The molecule has 0 saturated carbocycles. The summed E-state index contributed by atoms with van der Waals surface area (Å²) < 4.78 is 3.56. The van der Waals surface area contributed by atoms with E-state index in [0.717, 1.165) is 0 Å². The van der Waals surface area contributed by atoms with Gasteiger partial charge < -0.3 is 4.57 Å². The molecule has 0 aliphatic heterocycles. The third-order valence-electron chi connectivity index (χ3n) is 2.54. The van der Waals surface area contributed by atoms with Crippen LogP contribution in [0.3, 0.4) is 0 Å². The molecule has 0 unspecified atom stereocenters. The van der Waals surface area contributed by atoms with Gasteiger partial charge in [-0.15, -0.1) is 0 Å². The molecule has 2 aromatic rings. The van der Waals surface area contributed by atoms with Crippen molar-refractivity contribution >= 4 is 22.6 Å². The van der Waals surface area contributed by atoms with Crippen molar-refractivity contribution in [2.45, 2.75) is 13.8 Å². The highest BCUT2D eigenvalue weighted by Crippen LogP contribution is 2.21. The molecule has 0 amide bonds. The Morgan fingerprint density at radius 1 is 1.07 bits per heavy atom. The zero-order valence-electron chi connectivity index (χ0n) is 8.29. The van der Waals surface area contributed by atoms with Gasteiger partial charge in [-0.2, -0.15) is 0 Å². The third kappa shape index (κ3) is 1.59. The Morgan fingerprint density at radius 2 is 1.71 bits per heavy atom. The lowest BCUT2D eigenvalue weighted by atomic mass is 10.3. The van der Waals surface area contributed by atoms with Gasteiger partial charge >= 0.3 is 0 Å². The molecule has 0 radical (unpaired) electrons. The van der Waals surface area contributed by atoms with Crippen LogP contribution in [0.2, 0.25) is 0 Å². The second-order valence-corrected chi connectivity index (χ2v) is 4.56. The standard InChI is InChI=1S/C12H12IN/c1-9-10(2)14(8-12(9)13)11-6-4-3-5-7-11/h3-8H,1-2H3. The number of aromatic nitrogens is 1. The highest BCUT2D eigenvalue weighted by Gasteiger charge is 2.06. The molecule has 0 N–H and O–H groups in total. The van der Waals surface area contributed by atoms with E-state index in [9.17, 15) is 0 Å². The van der Waals surface area contributed by atoms with E-state index in [-0.39, 0.29) is 0 Å². The van der Waals surface area contributed by atoms with E-state index in [1.807, 2.05) is 6.07 Å². The predicted octanol–water partition coefficient (Wildman–Crippen LogP) is 3.70. The Morgan fingerprint density at radius 3 is 2.21 bits per heavy atom. The SMILES string of the molecule is Cc1c(I)cn(-c2ccccc2)c1C. The molecule has 0 saturated heterocycles. The summed E-state index contributed by atoms with van der Waals surface area (Å²) in [5.74, 6) is 0. The highest BCUT2D eigenvalue weighted by molar-refractivity contribution is 14.1. The van der Waals surface area contributed by atoms with Crippen molar-refractivity contribution in [3.05, 3.63) is 51.4 Å². The van der Waals surface area contributed by atoms with Crippen LogP contribution in [-0.4, -0.2) is 4.57 Å². The molecular formula is C12H12IN. The van der Waals surface area contributed by atoms with Crippen molar-refractivity contribution in [3.8, 4) is 5.69 Å². The fraction of sp³-hybridized carbons (Fsp3) is 0.167. The Kier molecular flexibility index (Phi) is 2.63. The number of nitrogens with zero attached hydrogens (tertiary/aromatic N) is 1. The first kappa shape index (κ1) is 9.77. The molecule has 1 aromatic carbocycles. The molecule has 0 bridgehead atoms. The van der Waals surface area contributed by atoms with Crippen LogP contribution in [0.25, 0.3) is 5.69 Å². The first-order valence-electron chi connectivity index (χ1n) is 4.59. The maximum absolute atomic E-state index is 2.38. The molecule has 1 nitrogen and oxygen atoms in total. The van der Waals surface area contributed by atoms with Crippen LogP contribution in [0.1, 0.15) is 11.3 Å². The minimum absolute atomic E-state index is 1.23. The highest BCUT2D eigenvalue weighted by atomic mass is 127. The van der Waals surface area contributed by atoms with Crippen molar-refractivity contribution in [2.75, 3.05) is 0 Å². The van der Waals surface area contributed by atoms with Crippen molar-refractivity contribution in [3.63, 3.8) is 0 Å². The van der Waals surface area contributed by atoms with E-state index in [4.69, 9.17) is 0 Å². The van der Waals surface area contributed by atoms with Crippen LogP contribution in [0.5, 0.6) is 0 Å². The van der Waals surface area contributed by atoms with Crippen molar-refractivity contribution in [2.24, 2.45) is 0 Å². The second-order valence-electron chi connectivity index (χ2n) is 3.39. The van der Waals surface area contributed by atoms with Crippen molar-refractivity contribution in [1.29, 1.82) is 0 Å². The van der Waals surface area contributed by atoms with E-state index in [1.54, 1.807) is 0 Å². The molecule has 0 aliphatic rings. The minimum atomic E-state index is 1.23. The molecule has 0 atom stereocenters. The number of rotatable bonds is 1. The van der Waals surface area contributed by atoms with Gasteiger partial charge in [-0.25, -0.2) is 0 Å². The van der Waals surface area contributed by atoms with Gasteiger partial charge in [-0.1, -0.05) is 18.2 Å². The number of benzene rings is 1. The average molecular weight is 297 g/mol. The smallest absolute Gasteiger partial charge is 0.0452 e. The van der Waals surface area contributed by atoms with E-state index in [0.29, 0.717) is 0 Å². The summed E-state index contributed by atoms with van der Waals surface area (Å²) in [4.78, 5) is 0. The summed E-state index contributed by atoms with van der Waals surface area (Å²) in [5, 5.41) is 0. The normalized spacial score (nSPS) is 10.5. The van der Waals surface area contributed by atoms with Crippen LogP contribution in [0, 0.1) is 17.4 Å². The van der Waals surface area contributed by atoms with Gasteiger partial charge in [-0.3, -0.25) is 0 Å². The fourth-order valence-corrected chi connectivity index (χ4v) is 2.19. The number of hydrogen-bond donors (Lipinski definition) is 0. The lowest BCUT2D eigenvalue weighted by Crippen LogP contribution is -1.94. The first-order valence-corrected chi connectivity index (χ1v) is 5.67. The molecular weight excluding hydrogens is 285 g/mol. The van der Waals surface area contributed by atoms with Crippen molar-refractivity contribution in [1.82, 2.24) is 4.57 Å². The van der Waals surface area contributed by atoms with E-state index < -0.39 is 0 Å². The number of para-hydroxylation sites is 1. The Balaban J connectivity index is 2.58. The monoisotopic (exact) mass is 297 g/mol. The summed E-state index contributed by atoms with van der Waals surface area (Å²) in [5.41, 5.74) is 3.92. The molecule has 0 fully saturated rings. The molecule has 2 heteroatoms. The minimum Gasteiger partial charge on any atom is -0.320 e. The van der Waals surface area contributed by atoms with Crippen LogP contribution in [0.4, 0.5) is 0 Å². The largest absolute Gasteiger partial charge is 0.320 e. The Bertz CT molecular complexity index is 443. The van der Waals surface area contributed by atoms with Gasteiger partial charge in [0.1, 0.15) is 0 Å². The Labute approximate surface area is 97.9 Å². The summed E-state index contributed by atoms with van der Waals surface area (Å²) >= 11 is 2.38. The van der Waals surface area contributed by atoms with E-state index in [2.05, 4.69) is 71.5 Å². The molecule has 14 heavy (non-hydrogen) atoms. The number of hydrogen-bond acceptors (Lipinski definition) is 0. The first-order chi connectivity index (χ1) is 6.70. The Hall–Kier alpha value is -0.770. The van der Waals surface area contributed by atoms with Gasteiger partial charge in [0.25, 0.3) is 0 Å². The second kappa shape index (κ2) is 3.77. The quantitative estimate of drug-likeness (QED) is 0.707. The van der Waals surface area contributed by atoms with Gasteiger partial charge in [0.05, 0.1) is 0 Å². The lowest BCUT2D eigenvalue weighted by Gasteiger charge is -2.05. The van der Waals surface area contributed by atoms with E-state index in [1.165, 1.54) is 20.5 Å². The van der Waals surface area contributed by atoms with Crippen molar-refractivity contribution < 1.29 is 0 Å². The molecule has 0 spiro atoms. The summed E-state index contributed by atoms with van der Waals surface area (Å²) in [7, 11) is 0. The average Bonchev–Trinajstić information content (AvgIpc) is 2.47. The number of halogens is 1. The lowest BCUT2D eigenvalue weighted by molar-refractivity contribution is 1.01. The van der Waals surface area contributed by atoms with Gasteiger partial charge in [0, 0.05) is 21.1 Å². The van der Waals surface area contributed by atoms with Crippen LogP contribution in [0.15, 0.2) is 36.5 Å². The molecule has 1 aromatic heterocycles. The zero-order valence-corrected chi connectivity index (χ0v) is 10.4. The van der Waals surface area contributed by atoms with Crippen LogP contribution in [-0.2, 0) is 0 Å². The summed E-state index contributed by atoms with van der Waals surface area (Å²) in [6.45, 7) is 4.32. The predicted molar refractivity (Wildman–Crippen MR) is 68.0 cm³/mol. The molecule has 72 valence electrons. The fourth-order valence-electron chi connectivity index (χ4n) is 1.52. The van der Waals surface area contributed by atoms with Crippen LogP contribution >= 0.6 is 22.6 Å². The maximum atomic E-state index is 2.38. The molecule has 1 heterocycles. The summed E-state index contributed by atoms with van der Waals surface area (Å²) in [6, 6.07) is 10.4. The topological polar surface area (TPSA) is 4.93 Å². The van der Waals surface area contributed by atoms with Gasteiger partial charge in [0.2, 0.25) is 0 Å². The van der Waals surface area contributed by atoms with Crippen LogP contribution < -0.4 is 0 Å². The third-order valence-corrected chi connectivity index (χ3v) is 3.63. The molecule has 2 rings (SSSR count). The van der Waals surface area contributed by atoms with Gasteiger partial charge in [0.15, 0.2) is 0 Å². The summed E-state index contributed by atoms with van der Waals surface area (Å²) in [6.07, 6.45) is 2.18.